The summed E-state index contributed by atoms with van der Waals surface area (Å²) in [5.74, 6) is 0.528. The third kappa shape index (κ3) is 3.00. The maximum Gasteiger partial charge on any atom is 0.101 e. The number of nitriles is 2. The Bertz CT molecular complexity index is 493. The molecule has 2 rings (SSSR count). The van der Waals surface area contributed by atoms with Crippen LogP contribution in [-0.4, -0.2) is 19.8 Å². The molecule has 1 N–H and O–H groups in total. The molecule has 18 heavy (non-hydrogen) atoms. The molecule has 1 unspecified atom stereocenters. The van der Waals surface area contributed by atoms with Crippen LogP contribution in [0, 0.1) is 28.6 Å². The maximum atomic E-state index is 8.94. The Balaban J connectivity index is 1.97. The lowest BCUT2D eigenvalue weighted by atomic mass is 10.0. The second-order valence-electron chi connectivity index (χ2n) is 4.45. The molecule has 1 atom stereocenters. The van der Waals surface area contributed by atoms with E-state index in [-0.39, 0.29) is 0 Å². The Morgan fingerprint density at radius 1 is 1.28 bits per heavy atom. The Morgan fingerprint density at radius 3 is 2.78 bits per heavy atom. The molecule has 0 aliphatic carbocycles. The number of anilines is 1. The van der Waals surface area contributed by atoms with Gasteiger partial charge >= 0.3 is 0 Å². The fourth-order valence-electron chi connectivity index (χ4n) is 2.07. The van der Waals surface area contributed by atoms with Gasteiger partial charge < -0.3 is 10.1 Å². The third-order valence-corrected chi connectivity index (χ3v) is 3.11. The first kappa shape index (κ1) is 12.4. The molecule has 0 radical (unpaired) electrons. The molecule has 4 heteroatoms. The van der Waals surface area contributed by atoms with Crippen molar-refractivity contribution in [3.05, 3.63) is 29.3 Å². The van der Waals surface area contributed by atoms with E-state index in [4.69, 9.17) is 15.3 Å². The Kier molecular flexibility index (Phi) is 4.17. The first-order chi connectivity index (χ1) is 8.83. The largest absolute Gasteiger partial charge is 0.385 e. The van der Waals surface area contributed by atoms with E-state index in [1.807, 2.05) is 18.2 Å². The van der Waals surface area contributed by atoms with Gasteiger partial charge in [0.25, 0.3) is 0 Å². The van der Waals surface area contributed by atoms with Crippen molar-refractivity contribution in [3.8, 4) is 12.1 Å². The summed E-state index contributed by atoms with van der Waals surface area (Å²) in [7, 11) is 0. The lowest BCUT2D eigenvalue weighted by Gasteiger charge is -2.22. The highest BCUT2D eigenvalue weighted by Gasteiger charge is 2.13. The van der Waals surface area contributed by atoms with Crippen molar-refractivity contribution in [2.75, 3.05) is 25.1 Å². The number of hydrogen-bond donors (Lipinski definition) is 1. The molecule has 1 aliphatic rings. The van der Waals surface area contributed by atoms with E-state index < -0.39 is 0 Å². The molecule has 1 aromatic carbocycles. The zero-order valence-corrected chi connectivity index (χ0v) is 10.1. The standard InChI is InChI=1S/C14H15N3O/c15-7-12-3-4-14(6-13(12)8-16)17-9-11-2-1-5-18-10-11/h3-4,6,11,17H,1-2,5,9-10H2. The molecule has 1 aliphatic heterocycles. The van der Waals surface area contributed by atoms with Gasteiger partial charge in [-0.05, 0) is 37.0 Å². The van der Waals surface area contributed by atoms with Crippen molar-refractivity contribution >= 4 is 5.69 Å². The van der Waals surface area contributed by atoms with Crippen molar-refractivity contribution in [1.29, 1.82) is 10.5 Å². The van der Waals surface area contributed by atoms with Crippen LogP contribution >= 0.6 is 0 Å². The van der Waals surface area contributed by atoms with Gasteiger partial charge in [-0.3, -0.25) is 0 Å². The first-order valence-electron chi connectivity index (χ1n) is 6.09. The topological polar surface area (TPSA) is 68.8 Å². The molecule has 1 aromatic rings. The molecule has 4 nitrogen and oxygen atoms in total. The molecule has 1 heterocycles. The van der Waals surface area contributed by atoms with E-state index in [0.717, 1.165) is 31.9 Å². The van der Waals surface area contributed by atoms with Gasteiger partial charge in [0.2, 0.25) is 0 Å². The van der Waals surface area contributed by atoms with Crippen molar-refractivity contribution in [2.24, 2.45) is 5.92 Å². The van der Waals surface area contributed by atoms with Crippen molar-refractivity contribution in [3.63, 3.8) is 0 Å². The molecule has 92 valence electrons. The monoisotopic (exact) mass is 241 g/mol. The van der Waals surface area contributed by atoms with E-state index >= 15 is 0 Å². The van der Waals surface area contributed by atoms with Gasteiger partial charge in [0.05, 0.1) is 17.7 Å². The van der Waals surface area contributed by atoms with E-state index in [2.05, 4.69) is 5.32 Å². The first-order valence-corrected chi connectivity index (χ1v) is 6.09. The van der Waals surface area contributed by atoms with Gasteiger partial charge in [0, 0.05) is 18.8 Å². The number of rotatable bonds is 3. The maximum absolute atomic E-state index is 8.94. The third-order valence-electron chi connectivity index (χ3n) is 3.11. The Labute approximate surface area is 107 Å². The molecule has 1 saturated heterocycles. The van der Waals surface area contributed by atoms with Crippen LogP contribution in [0.5, 0.6) is 0 Å². The molecule has 0 spiro atoms. The van der Waals surface area contributed by atoms with Gasteiger partial charge in [0.1, 0.15) is 12.1 Å². The molecule has 0 amide bonds. The van der Waals surface area contributed by atoms with Crippen LogP contribution in [0.3, 0.4) is 0 Å². The SMILES string of the molecule is N#Cc1ccc(NCC2CCCOC2)cc1C#N. The smallest absolute Gasteiger partial charge is 0.101 e. The fraction of sp³-hybridized carbons (Fsp3) is 0.429. The second kappa shape index (κ2) is 6.05. The van der Waals surface area contributed by atoms with Gasteiger partial charge in [-0.15, -0.1) is 0 Å². The zero-order chi connectivity index (χ0) is 12.8. The summed E-state index contributed by atoms with van der Waals surface area (Å²) in [5.41, 5.74) is 1.72. The molecule has 0 saturated carbocycles. The van der Waals surface area contributed by atoms with E-state index in [1.165, 1.54) is 6.42 Å². The van der Waals surface area contributed by atoms with Gasteiger partial charge in [0.15, 0.2) is 0 Å². The van der Waals surface area contributed by atoms with Gasteiger partial charge in [-0.1, -0.05) is 0 Å². The van der Waals surface area contributed by atoms with E-state index in [1.54, 1.807) is 12.1 Å². The van der Waals surface area contributed by atoms with Crippen LogP contribution in [0.4, 0.5) is 5.69 Å². The van der Waals surface area contributed by atoms with Gasteiger partial charge in [-0.2, -0.15) is 10.5 Å². The van der Waals surface area contributed by atoms with Crippen LogP contribution in [-0.2, 0) is 4.74 Å². The highest BCUT2D eigenvalue weighted by molar-refractivity contribution is 5.56. The van der Waals surface area contributed by atoms with Gasteiger partial charge in [-0.25, -0.2) is 0 Å². The summed E-state index contributed by atoms with van der Waals surface area (Å²) in [6.07, 6.45) is 2.29. The van der Waals surface area contributed by atoms with Crippen LogP contribution in [0.25, 0.3) is 0 Å². The predicted octanol–water partition coefficient (Wildman–Crippen LogP) is 2.27. The highest BCUT2D eigenvalue weighted by atomic mass is 16.5. The summed E-state index contributed by atoms with van der Waals surface area (Å²) in [4.78, 5) is 0. The summed E-state index contributed by atoms with van der Waals surface area (Å²) in [5, 5.41) is 21.1. The summed E-state index contributed by atoms with van der Waals surface area (Å²) < 4.78 is 5.42. The second-order valence-corrected chi connectivity index (χ2v) is 4.45. The van der Waals surface area contributed by atoms with Crippen molar-refractivity contribution in [2.45, 2.75) is 12.8 Å². The lowest BCUT2D eigenvalue weighted by Crippen LogP contribution is -2.24. The lowest BCUT2D eigenvalue weighted by molar-refractivity contribution is 0.0595. The van der Waals surface area contributed by atoms with Crippen LogP contribution in [0.2, 0.25) is 0 Å². The molecule has 1 fully saturated rings. The van der Waals surface area contributed by atoms with E-state index in [0.29, 0.717) is 17.0 Å². The quantitative estimate of drug-likeness (QED) is 0.881. The minimum atomic E-state index is 0.419. The highest BCUT2D eigenvalue weighted by Crippen LogP contribution is 2.17. The fourth-order valence-corrected chi connectivity index (χ4v) is 2.07. The number of nitrogens with one attached hydrogen (secondary N) is 1. The summed E-state index contributed by atoms with van der Waals surface area (Å²) in [6, 6.07) is 9.29. The molecule has 0 bridgehead atoms. The zero-order valence-electron chi connectivity index (χ0n) is 10.1. The van der Waals surface area contributed by atoms with Crippen molar-refractivity contribution in [1.82, 2.24) is 0 Å². The number of ether oxygens (including phenoxy) is 1. The molecular formula is C14H15N3O. The van der Waals surface area contributed by atoms with Crippen LogP contribution in [0.1, 0.15) is 24.0 Å². The predicted molar refractivity (Wildman–Crippen MR) is 67.9 cm³/mol. The summed E-state index contributed by atoms with van der Waals surface area (Å²) in [6.45, 7) is 2.51. The van der Waals surface area contributed by atoms with Crippen molar-refractivity contribution < 1.29 is 4.74 Å². The molecule has 0 aromatic heterocycles. The summed E-state index contributed by atoms with van der Waals surface area (Å²) >= 11 is 0. The van der Waals surface area contributed by atoms with Crippen LogP contribution < -0.4 is 5.32 Å². The normalized spacial score (nSPS) is 18.7. The van der Waals surface area contributed by atoms with Crippen LogP contribution in [0.15, 0.2) is 18.2 Å². The number of nitrogens with zero attached hydrogens (tertiary/aromatic N) is 2. The number of benzene rings is 1. The average molecular weight is 241 g/mol. The minimum absolute atomic E-state index is 0.419. The Hall–Kier alpha value is -2.04. The Morgan fingerprint density at radius 2 is 2.11 bits per heavy atom. The van der Waals surface area contributed by atoms with E-state index in [9.17, 15) is 0 Å². The average Bonchev–Trinajstić information content (AvgIpc) is 2.45. The molecular weight excluding hydrogens is 226 g/mol. The minimum Gasteiger partial charge on any atom is -0.385 e. The number of hydrogen-bond acceptors (Lipinski definition) is 4.